The van der Waals surface area contributed by atoms with Crippen molar-refractivity contribution < 1.29 is 9.53 Å². The summed E-state index contributed by atoms with van der Waals surface area (Å²) in [4.78, 5) is 11.8. The highest BCUT2D eigenvalue weighted by molar-refractivity contribution is 6.00. The molecule has 0 fully saturated rings. The lowest BCUT2D eigenvalue weighted by Gasteiger charge is -2.04. The number of ether oxygens (including phenoxy) is 1. The molecule has 4 nitrogen and oxygen atoms in total. The molecular formula is C16H16N2O2. The molecule has 0 heterocycles. The summed E-state index contributed by atoms with van der Waals surface area (Å²) in [5, 5.41) is 4.10. The Morgan fingerprint density at radius 1 is 1.00 bits per heavy atom. The fraction of sp³-hybridized carbons (Fsp3) is 0.125. The Kier molecular flexibility index (Phi) is 4.50. The molecule has 0 bridgehead atoms. The van der Waals surface area contributed by atoms with Crippen molar-refractivity contribution in [1.29, 1.82) is 0 Å². The van der Waals surface area contributed by atoms with E-state index in [4.69, 9.17) is 4.74 Å². The molecule has 4 heteroatoms. The van der Waals surface area contributed by atoms with E-state index in [0.29, 0.717) is 5.56 Å². The van der Waals surface area contributed by atoms with Gasteiger partial charge in [-0.15, -0.1) is 0 Å². The van der Waals surface area contributed by atoms with Crippen molar-refractivity contribution in [2.45, 2.75) is 6.92 Å². The normalized spacial score (nSPS) is 11.0. The maximum atomic E-state index is 11.8. The standard InChI is InChI=1S/C16H16N2O2/c1-12(13-8-10-15(20-2)11-9-13)17-18-16(19)14-6-4-3-5-7-14/h3-11H,1-2H3,(H,18,19)/b17-12+. The summed E-state index contributed by atoms with van der Waals surface area (Å²) in [6.07, 6.45) is 0. The van der Waals surface area contributed by atoms with Gasteiger partial charge in [-0.1, -0.05) is 18.2 Å². The van der Waals surface area contributed by atoms with Gasteiger partial charge in [0.05, 0.1) is 12.8 Å². The Bertz CT molecular complexity index is 604. The summed E-state index contributed by atoms with van der Waals surface area (Å²) in [5.74, 6) is 0.563. The number of rotatable bonds is 4. The van der Waals surface area contributed by atoms with Crippen molar-refractivity contribution in [3.05, 3.63) is 65.7 Å². The number of carbonyl (C=O) groups excluding carboxylic acids is 1. The largest absolute Gasteiger partial charge is 0.497 e. The molecule has 0 aromatic heterocycles. The molecule has 2 aromatic carbocycles. The number of hydrogen-bond donors (Lipinski definition) is 1. The summed E-state index contributed by atoms with van der Waals surface area (Å²) in [5.41, 5.74) is 4.79. The van der Waals surface area contributed by atoms with Crippen LogP contribution in [-0.2, 0) is 0 Å². The van der Waals surface area contributed by atoms with Gasteiger partial charge in [0, 0.05) is 5.56 Å². The van der Waals surface area contributed by atoms with Crippen molar-refractivity contribution in [2.24, 2.45) is 5.10 Å². The first-order chi connectivity index (χ1) is 9.70. The van der Waals surface area contributed by atoms with Gasteiger partial charge in [0.1, 0.15) is 5.75 Å². The smallest absolute Gasteiger partial charge is 0.271 e. The molecule has 1 amide bonds. The fourth-order valence-corrected chi connectivity index (χ4v) is 1.69. The molecule has 1 N–H and O–H groups in total. The number of nitrogens with zero attached hydrogens (tertiary/aromatic N) is 1. The molecule has 0 spiro atoms. The van der Waals surface area contributed by atoms with Crippen LogP contribution in [0.2, 0.25) is 0 Å². The molecule has 0 unspecified atom stereocenters. The average Bonchev–Trinajstić information content (AvgIpc) is 2.53. The molecule has 0 aliphatic carbocycles. The van der Waals surface area contributed by atoms with E-state index in [-0.39, 0.29) is 5.91 Å². The zero-order valence-corrected chi connectivity index (χ0v) is 11.5. The third-order valence-corrected chi connectivity index (χ3v) is 2.87. The van der Waals surface area contributed by atoms with Gasteiger partial charge >= 0.3 is 0 Å². The lowest BCUT2D eigenvalue weighted by Crippen LogP contribution is -2.19. The van der Waals surface area contributed by atoms with Crippen molar-refractivity contribution >= 4 is 11.6 Å². The second-order valence-electron chi connectivity index (χ2n) is 4.23. The number of amides is 1. The molecule has 0 aliphatic heterocycles. The van der Waals surface area contributed by atoms with Gasteiger partial charge in [0.25, 0.3) is 5.91 Å². The van der Waals surface area contributed by atoms with E-state index >= 15 is 0 Å². The third kappa shape index (κ3) is 3.45. The maximum absolute atomic E-state index is 11.8. The van der Waals surface area contributed by atoms with Gasteiger partial charge in [0.2, 0.25) is 0 Å². The van der Waals surface area contributed by atoms with Crippen LogP contribution in [0.15, 0.2) is 59.7 Å². The number of hydrogen-bond acceptors (Lipinski definition) is 3. The second kappa shape index (κ2) is 6.52. The first-order valence-electron chi connectivity index (χ1n) is 6.25. The Hall–Kier alpha value is -2.62. The number of benzene rings is 2. The first-order valence-corrected chi connectivity index (χ1v) is 6.25. The van der Waals surface area contributed by atoms with Crippen LogP contribution in [0.5, 0.6) is 5.75 Å². The molecule has 102 valence electrons. The van der Waals surface area contributed by atoms with Gasteiger partial charge < -0.3 is 4.74 Å². The summed E-state index contributed by atoms with van der Waals surface area (Å²) in [6.45, 7) is 1.84. The number of methoxy groups -OCH3 is 1. The highest BCUT2D eigenvalue weighted by atomic mass is 16.5. The van der Waals surface area contributed by atoms with E-state index in [0.717, 1.165) is 17.0 Å². The summed E-state index contributed by atoms with van der Waals surface area (Å²) in [7, 11) is 1.62. The minimum atomic E-state index is -0.224. The van der Waals surface area contributed by atoms with Gasteiger partial charge in [-0.3, -0.25) is 4.79 Å². The SMILES string of the molecule is COc1ccc(/C(C)=N/NC(=O)c2ccccc2)cc1. The Labute approximate surface area is 118 Å². The fourth-order valence-electron chi connectivity index (χ4n) is 1.69. The van der Waals surface area contributed by atoms with Crippen LogP contribution in [-0.4, -0.2) is 18.7 Å². The summed E-state index contributed by atoms with van der Waals surface area (Å²) < 4.78 is 5.10. The van der Waals surface area contributed by atoms with Crippen molar-refractivity contribution in [3.63, 3.8) is 0 Å². The number of carbonyl (C=O) groups is 1. The van der Waals surface area contributed by atoms with E-state index in [1.807, 2.05) is 49.4 Å². The zero-order valence-electron chi connectivity index (χ0n) is 11.5. The monoisotopic (exact) mass is 268 g/mol. The van der Waals surface area contributed by atoms with Crippen LogP contribution in [0.25, 0.3) is 0 Å². The Balaban J connectivity index is 2.05. The van der Waals surface area contributed by atoms with Crippen molar-refractivity contribution in [2.75, 3.05) is 7.11 Å². The molecule has 0 saturated carbocycles. The number of nitrogens with one attached hydrogen (secondary N) is 1. The lowest BCUT2D eigenvalue weighted by molar-refractivity contribution is 0.0955. The van der Waals surface area contributed by atoms with Crippen LogP contribution in [0, 0.1) is 0 Å². The second-order valence-corrected chi connectivity index (χ2v) is 4.23. The van der Waals surface area contributed by atoms with E-state index in [1.54, 1.807) is 19.2 Å². The quantitative estimate of drug-likeness (QED) is 0.684. The zero-order chi connectivity index (χ0) is 14.4. The molecule has 0 atom stereocenters. The van der Waals surface area contributed by atoms with Crippen molar-refractivity contribution in [3.8, 4) is 5.75 Å². The van der Waals surface area contributed by atoms with Crippen LogP contribution in [0.3, 0.4) is 0 Å². The molecule has 0 aliphatic rings. The van der Waals surface area contributed by atoms with Crippen LogP contribution < -0.4 is 10.2 Å². The van der Waals surface area contributed by atoms with E-state index in [9.17, 15) is 4.79 Å². The van der Waals surface area contributed by atoms with E-state index < -0.39 is 0 Å². The van der Waals surface area contributed by atoms with E-state index in [1.165, 1.54) is 0 Å². The minimum absolute atomic E-state index is 0.224. The predicted octanol–water partition coefficient (Wildman–Crippen LogP) is 2.85. The minimum Gasteiger partial charge on any atom is -0.497 e. The average molecular weight is 268 g/mol. The van der Waals surface area contributed by atoms with Gasteiger partial charge in [-0.05, 0) is 48.9 Å². The Morgan fingerprint density at radius 2 is 1.65 bits per heavy atom. The molecule has 0 radical (unpaired) electrons. The Morgan fingerprint density at radius 3 is 2.25 bits per heavy atom. The topological polar surface area (TPSA) is 50.7 Å². The molecule has 2 aromatic rings. The van der Waals surface area contributed by atoms with E-state index in [2.05, 4.69) is 10.5 Å². The van der Waals surface area contributed by atoms with Gasteiger partial charge in [-0.25, -0.2) is 5.43 Å². The van der Waals surface area contributed by atoms with Crippen LogP contribution in [0.4, 0.5) is 0 Å². The molecule has 2 rings (SSSR count). The third-order valence-electron chi connectivity index (χ3n) is 2.87. The van der Waals surface area contributed by atoms with Gasteiger partial charge in [0.15, 0.2) is 0 Å². The lowest BCUT2D eigenvalue weighted by atomic mass is 10.1. The van der Waals surface area contributed by atoms with Crippen molar-refractivity contribution in [1.82, 2.24) is 5.43 Å². The first kappa shape index (κ1) is 13.8. The predicted molar refractivity (Wildman–Crippen MR) is 79.1 cm³/mol. The maximum Gasteiger partial charge on any atom is 0.271 e. The highest BCUT2D eigenvalue weighted by Crippen LogP contribution is 2.11. The molecule has 0 saturated heterocycles. The number of hydrazone groups is 1. The molecular weight excluding hydrogens is 252 g/mol. The van der Waals surface area contributed by atoms with Crippen LogP contribution >= 0.6 is 0 Å². The highest BCUT2D eigenvalue weighted by Gasteiger charge is 2.03. The van der Waals surface area contributed by atoms with Gasteiger partial charge in [-0.2, -0.15) is 5.10 Å². The molecule has 20 heavy (non-hydrogen) atoms. The summed E-state index contributed by atoms with van der Waals surface area (Å²) in [6, 6.07) is 16.5. The summed E-state index contributed by atoms with van der Waals surface area (Å²) >= 11 is 0. The van der Waals surface area contributed by atoms with Crippen LogP contribution in [0.1, 0.15) is 22.8 Å².